The molecule has 4 rings (SSSR count). The number of hydrogen-bond donors (Lipinski definition) is 0. The van der Waals surface area contributed by atoms with Gasteiger partial charge in [0, 0.05) is 16.4 Å². The number of carbonyl (C=O) groups excluding carboxylic acids is 1. The molecule has 0 aliphatic carbocycles. The van der Waals surface area contributed by atoms with Crippen molar-refractivity contribution in [3.8, 4) is 5.75 Å². The summed E-state index contributed by atoms with van der Waals surface area (Å²) in [7, 11) is -0.542. The lowest BCUT2D eigenvalue weighted by Gasteiger charge is -2.32. The van der Waals surface area contributed by atoms with Gasteiger partial charge in [-0.3, -0.25) is 4.79 Å². The molecule has 0 bridgehead atoms. The molecule has 2 aromatic carbocycles. The SMILES string of the molecule is CCOC(=O)Cc1ccccc1OCc1cc(B2OC(C)(C)C(C)(C)O2)c2oc(C)cc2c1. The van der Waals surface area contributed by atoms with Crippen LogP contribution in [0.1, 0.15) is 51.5 Å². The van der Waals surface area contributed by atoms with Crippen LogP contribution >= 0.6 is 0 Å². The third kappa shape index (κ3) is 4.80. The van der Waals surface area contributed by atoms with E-state index in [0.29, 0.717) is 19.0 Å². The van der Waals surface area contributed by atoms with Crippen LogP contribution in [0.25, 0.3) is 11.0 Å². The summed E-state index contributed by atoms with van der Waals surface area (Å²) in [6.45, 7) is 12.5. The van der Waals surface area contributed by atoms with E-state index in [0.717, 1.165) is 33.3 Å². The molecule has 174 valence electrons. The zero-order valence-corrected chi connectivity index (χ0v) is 20.2. The molecule has 0 atom stereocenters. The summed E-state index contributed by atoms with van der Waals surface area (Å²) in [6.07, 6.45) is 0.170. The Kier molecular flexibility index (Phi) is 6.29. The Morgan fingerprint density at radius 1 is 1.03 bits per heavy atom. The van der Waals surface area contributed by atoms with Crippen LogP contribution in [0.2, 0.25) is 0 Å². The molecule has 3 aromatic rings. The first-order valence-corrected chi connectivity index (χ1v) is 11.3. The van der Waals surface area contributed by atoms with Gasteiger partial charge < -0.3 is 23.2 Å². The number of furan rings is 1. The molecule has 1 aliphatic rings. The van der Waals surface area contributed by atoms with Crippen LogP contribution in [0.3, 0.4) is 0 Å². The Labute approximate surface area is 195 Å². The molecule has 1 saturated heterocycles. The van der Waals surface area contributed by atoms with E-state index in [9.17, 15) is 4.79 Å². The summed E-state index contributed by atoms with van der Waals surface area (Å²) in [4.78, 5) is 12.0. The van der Waals surface area contributed by atoms with Crippen LogP contribution in [0.5, 0.6) is 5.75 Å². The van der Waals surface area contributed by atoms with Crippen LogP contribution in [0, 0.1) is 6.92 Å². The minimum Gasteiger partial charge on any atom is -0.489 e. The van der Waals surface area contributed by atoms with Gasteiger partial charge in [0.15, 0.2) is 0 Å². The number of esters is 1. The number of benzene rings is 2. The minimum atomic E-state index is -0.542. The van der Waals surface area contributed by atoms with E-state index in [2.05, 4.69) is 6.07 Å². The topological polar surface area (TPSA) is 67.1 Å². The first-order chi connectivity index (χ1) is 15.6. The second kappa shape index (κ2) is 8.88. The molecule has 33 heavy (non-hydrogen) atoms. The van der Waals surface area contributed by atoms with Crippen molar-refractivity contribution in [3.63, 3.8) is 0 Å². The van der Waals surface area contributed by atoms with Gasteiger partial charge in [-0.2, -0.15) is 0 Å². The molecule has 2 heterocycles. The molecular weight excluding hydrogens is 419 g/mol. The Hall–Kier alpha value is -2.77. The normalized spacial score (nSPS) is 16.8. The molecule has 0 N–H and O–H groups in total. The van der Waals surface area contributed by atoms with Crippen molar-refractivity contribution in [1.82, 2.24) is 0 Å². The highest BCUT2D eigenvalue weighted by Gasteiger charge is 2.52. The molecule has 0 radical (unpaired) electrons. The minimum absolute atomic E-state index is 0.170. The Morgan fingerprint density at radius 2 is 1.73 bits per heavy atom. The molecule has 0 saturated carbocycles. The van der Waals surface area contributed by atoms with E-state index in [1.807, 2.05) is 71.0 Å². The third-order valence-electron chi connectivity index (χ3n) is 6.34. The predicted octanol–water partition coefficient (Wildman–Crippen LogP) is 4.73. The second-order valence-electron chi connectivity index (χ2n) is 9.43. The quantitative estimate of drug-likeness (QED) is 0.383. The molecule has 0 spiro atoms. The van der Waals surface area contributed by atoms with Crippen molar-refractivity contribution >= 4 is 29.5 Å². The summed E-state index contributed by atoms with van der Waals surface area (Å²) in [5.74, 6) is 1.21. The number of fused-ring (bicyclic) bond motifs is 1. The summed E-state index contributed by atoms with van der Waals surface area (Å²) in [5, 5.41) is 0.970. The summed E-state index contributed by atoms with van der Waals surface area (Å²) in [6, 6.07) is 13.6. The molecule has 0 amide bonds. The van der Waals surface area contributed by atoms with Gasteiger partial charge in [-0.1, -0.05) is 24.3 Å². The van der Waals surface area contributed by atoms with Crippen LogP contribution in [-0.4, -0.2) is 30.9 Å². The van der Waals surface area contributed by atoms with Crippen LogP contribution in [0.15, 0.2) is 46.9 Å². The number of carbonyl (C=O) groups is 1. The van der Waals surface area contributed by atoms with Crippen LogP contribution in [0.4, 0.5) is 0 Å². The number of hydrogen-bond acceptors (Lipinski definition) is 6. The molecule has 7 heteroatoms. The van der Waals surface area contributed by atoms with Gasteiger partial charge in [-0.25, -0.2) is 0 Å². The fraction of sp³-hybridized carbons (Fsp3) is 0.423. The average molecular weight is 450 g/mol. The maximum atomic E-state index is 12.0. The van der Waals surface area contributed by atoms with Gasteiger partial charge in [0.2, 0.25) is 0 Å². The van der Waals surface area contributed by atoms with E-state index < -0.39 is 18.3 Å². The first kappa shape index (κ1) is 23.4. The fourth-order valence-electron chi connectivity index (χ4n) is 3.92. The van der Waals surface area contributed by atoms with Crippen molar-refractivity contribution in [1.29, 1.82) is 0 Å². The van der Waals surface area contributed by atoms with Crippen molar-refractivity contribution < 1.29 is 28.0 Å². The van der Waals surface area contributed by atoms with Gasteiger partial charge in [0.25, 0.3) is 0 Å². The molecule has 0 unspecified atom stereocenters. The largest absolute Gasteiger partial charge is 0.498 e. The van der Waals surface area contributed by atoms with Crippen molar-refractivity contribution in [2.45, 2.75) is 65.8 Å². The molecule has 1 aliphatic heterocycles. The lowest BCUT2D eigenvalue weighted by Crippen LogP contribution is -2.41. The molecule has 6 nitrogen and oxygen atoms in total. The highest BCUT2D eigenvalue weighted by molar-refractivity contribution is 6.64. The van der Waals surface area contributed by atoms with Gasteiger partial charge in [-0.15, -0.1) is 0 Å². The summed E-state index contributed by atoms with van der Waals surface area (Å²) < 4.78 is 29.8. The predicted molar refractivity (Wildman–Crippen MR) is 128 cm³/mol. The average Bonchev–Trinajstić information content (AvgIpc) is 3.21. The van der Waals surface area contributed by atoms with Crippen molar-refractivity contribution in [3.05, 3.63) is 59.4 Å². The maximum Gasteiger partial charge on any atom is 0.498 e. The molecule has 1 fully saturated rings. The maximum absolute atomic E-state index is 12.0. The van der Waals surface area contributed by atoms with Gasteiger partial charge in [0.1, 0.15) is 23.7 Å². The number of para-hydroxylation sites is 1. The van der Waals surface area contributed by atoms with E-state index in [4.69, 9.17) is 23.2 Å². The van der Waals surface area contributed by atoms with Crippen LogP contribution in [-0.2, 0) is 31.9 Å². The Balaban J connectivity index is 1.61. The number of rotatable bonds is 7. The smallest absolute Gasteiger partial charge is 0.489 e. The van der Waals surface area contributed by atoms with Gasteiger partial charge >= 0.3 is 13.1 Å². The van der Waals surface area contributed by atoms with Crippen molar-refractivity contribution in [2.75, 3.05) is 6.61 Å². The lowest BCUT2D eigenvalue weighted by atomic mass is 9.77. The zero-order chi connectivity index (χ0) is 23.8. The van der Waals surface area contributed by atoms with Crippen molar-refractivity contribution in [2.24, 2.45) is 0 Å². The van der Waals surface area contributed by atoms with Crippen LogP contribution < -0.4 is 10.2 Å². The van der Waals surface area contributed by atoms with E-state index >= 15 is 0 Å². The third-order valence-corrected chi connectivity index (χ3v) is 6.34. The Bertz CT molecular complexity index is 1150. The zero-order valence-electron chi connectivity index (χ0n) is 20.2. The lowest BCUT2D eigenvalue weighted by molar-refractivity contribution is -0.142. The Morgan fingerprint density at radius 3 is 2.42 bits per heavy atom. The number of ether oxygens (including phenoxy) is 2. The second-order valence-corrected chi connectivity index (χ2v) is 9.43. The monoisotopic (exact) mass is 450 g/mol. The summed E-state index contributed by atoms with van der Waals surface area (Å²) in [5.41, 5.74) is 2.45. The standard InChI is InChI=1S/C26H31BO6/c1-7-29-23(28)15-19-10-8-9-11-22(19)30-16-18-13-20-12-17(2)31-24(20)21(14-18)27-32-25(3,4)26(5,6)33-27/h8-14H,7,15-16H2,1-6H3. The van der Waals surface area contributed by atoms with E-state index in [1.165, 1.54) is 0 Å². The van der Waals surface area contributed by atoms with E-state index in [1.54, 1.807) is 6.92 Å². The first-order valence-electron chi connectivity index (χ1n) is 11.3. The van der Waals surface area contributed by atoms with Gasteiger partial charge in [-0.05, 0) is 65.3 Å². The molecule has 1 aromatic heterocycles. The highest BCUT2D eigenvalue weighted by atomic mass is 16.7. The van der Waals surface area contributed by atoms with Gasteiger partial charge in [0.05, 0.1) is 24.2 Å². The number of aryl methyl sites for hydroxylation is 1. The van der Waals surface area contributed by atoms with E-state index in [-0.39, 0.29) is 12.4 Å². The molecular formula is C26H31BO6. The highest BCUT2D eigenvalue weighted by Crippen LogP contribution is 2.37. The fourth-order valence-corrected chi connectivity index (χ4v) is 3.92. The summed E-state index contributed by atoms with van der Waals surface area (Å²) >= 11 is 0.